The summed E-state index contributed by atoms with van der Waals surface area (Å²) in [7, 11) is 0. The fourth-order valence-electron chi connectivity index (χ4n) is 9.44. The van der Waals surface area contributed by atoms with Gasteiger partial charge in [0.25, 0.3) is 0 Å². The maximum atomic E-state index is 2.51. The van der Waals surface area contributed by atoms with Crippen molar-refractivity contribution in [1.29, 1.82) is 0 Å². The quantitative estimate of drug-likeness (QED) is 0.124. The van der Waals surface area contributed by atoms with E-state index in [-0.39, 0.29) is 14.5 Å². The normalized spacial score (nSPS) is 11.8. The Hall–Kier alpha value is -6.24. The van der Waals surface area contributed by atoms with Crippen molar-refractivity contribution in [1.82, 2.24) is 0 Å². The number of benzene rings is 10. The monoisotopic (exact) mass is 764 g/mol. The van der Waals surface area contributed by atoms with Gasteiger partial charge >= 0.3 is 328 Å². The average Bonchev–Trinajstić information content (AvgIpc) is 3.61. The zero-order chi connectivity index (χ0) is 36.6. The summed E-state index contributed by atoms with van der Waals surface area (Å²) in [4.78, 5) is 0. The Morgan fingerprint density at radius 3 is 1.29 bits per heavy atom. The van der Waals surface area contributed by atoms with Gasteiger partial charge in [0.2, 0.25) is 0 Å². The van der Waals surface area contributed by atoms with Crippen LogP contribution in [-0.2, 0) is 0 Å². The van der Waals surface area contributed by atoms with Crippen molar-refractivity contribution in [3.8, 4) is 44.5 Å². The molecular weight excluding hydrogens is 728 g/mol. The Morgan fingerprint density at radius 1 is 0.291 bits per heavy atom. The Morgan fingerprint density at radius 2 is 0.745 bits per heavy atom. The molecule has 0 radical (unpaired) electrons. The molecule has 0 saturated heterocycles. The number of hydrogen-bond donors (Lipinski definition) is 0. The molecule has 0 N–H and O–H groups in total. The van der Waals surface area contributed by atoms with Gasteiger partial charge in [-0.25, -0.2) is 0 Å². The van der Waals surface area contributed by atoms with Crippen LogP contribution in [0, 0.1) is 13.8 Å². The second kappa shape index (κ2) is 12.7. The van der Waals surface area contributed by atoms with Crippen LogP contribution in [0.1, 0.15) is 11.1 Å². The molecule has 55 heavy (non-hydrogen) atoms. The summed E-state index contributed by atoms with van der Waals surface area (Å²) in [5.41, 5.74) is 13.1. The Labute approximate surface area is 326 Å². The van der Waals surface area contributed by atoms with E-state index in [2.05, 4.69) is 196 Å². The van der Waals surface area contributed by atoms with E-state index in [0.717, 1.165) is 0 Å². The van der Waals surface area contributed by atoms with E-state index in [1.54, 1.807) is 0 Å². The first-order chi connectivity index (χ1) is 27.2. The van der Waals surface area contributed by atoms with Crippen molar-refractivity contribution < 1.29 is 0 Å². The van der Waals surface area contributed by atoms with Crippen LogP contribution in [0.2, 0.25) is 0 Å². The summed E-state index contributed by atoms with van der Waals surface area (Å²) in [6.45, 7) is 4.50. The third kappa shape index (κ3) is 4.91. The summed E-state index contributed by atoms with van der Waals surface area (Å²) < 4.78 is 2.91. The van der Waals surface area contributed by atoms with Crippen LogP contribution >= 0.6 is 0 Å². The van der Waals surface area contributed by atoms with Crippen LogP contribution in [0.25, 0.3) is 107 Å². The van der Waals surface area contributed by atoms with Gasteiger partial charge in [-0.2, -0.15) is 0 Å². The van der Waals surface area contributed by atoms with Crippen molar-refractivity contribution in [3.63, 3.8) is 0 Å². The summed E-state index contributed by atoms with van der Waals surface area (Å²) in [6, 6.07) is 68.1. The third-order valence-electron chi connectivity index (χ3n) is 11.7. The number of rotatable bonds is 4. The van der Waals surface area contributed by atoms with Gasteiger partial charge < -0.3 is 0 Å². The zero-order valence-electron chi connectivity index (χ0n) is 30.7. The molecule has 0 saturated carbocycles. The number of aryl methyl sites for hydroxylation is 2. The molecule has 11 rings (SSSR count). The molecule has 11 aromatic rings. The van der Waals surface area contributed by atoms with Gasteiger partial charge in [0, 0.05) is 0 Å². The summed E-state index contributed by atoms with van der Waals surface area (Å²) in [5, 5.41) is 13.1. The second-order valence-electron chi connectivity index (χ2n) is 14.8. The van der Waals surface area contributed by atoms with E-state index >= 15 is 0 Å². The van der Waals surface area contributed by atoms with Gasteiger partial charge in [-0.1, -0.05) is 0 Å². The predicted molar refractivity (Wildman–Crippen MR) is 240 cm³/mol. The van der Waals surface area contributed by atoms with E-state index in [0.29, 0.717) is 0 Å². The van der Waals surface area contributed by atoms with Crippen molar-refractivity contribution in [3.05, 3.63) is 193 Å². The van der Waals surface area contributed by atoms with E-state index in [1.807, 2.05) is 0 Å². The van der Waals surface area contributed by atoms with Crippen molar-refractivity contribution in [2.24, 2.45) is 0 Å². The Kier molecular flexibility index (Phi) is 7.42. The minimum atomic E-state index is 0.213. The van der Waals surface area contributed by atoms with E-state index in [4.69, 9.17) is 0 Å². The first-order valence-electron chi connectivity index (χ1n) is 19.1. The molecule has 0 fully saturated rings. The average molecular weight is 764 g/mol. The molecule has 258 valence electrons. The molecule has 0 nitrogen and oxygen atoms in total. The fraction of sp³-hybridized carbons (Fsp3) is 0.0370. The molecule has 10 aromatic carbocycles. The molecule has 0 spiro atoms. The molecule has 0 unspecified atom stereocenters. The Bertz CT molecular complexity index is 3190. The molecule has 0 bridgehead atoms. The fourth-order valence-corrected chi connectivity index (χ4v) is 11.8. The molecule has 1 heterocycles. The molecule has 1 heteroatoms. The van der Waals surface area contributed by atoms with Crippen molar-refractivity contribution in [2.45, 2.75) is 13.8 Å². The Balaban J connectivity index is 1.23. The number of fused-ring (bicyclic) bond motifs is 7. The van der Waals surface area contributed by atoms with Crippen LogP contribution in [0.4, 0.5) is 0 Å². The standard InChI is InChI=1S/C54H36Se/c1-33-16-14-17-34(2)49(33)54-43-26-12-10-24-41(43)52(42-25-11-13-27-44(42)54)45-28-15-29-48-53(45)46-32-36(30-31-47(46)55-48)51-39-22-8-6-20-37(39)50(35-18-4-3-5-19-35)38-21-7-9-23-40(38)51/h3-32H,1-2H3. The molecule has 0 aliphatic carbocycles. The van der Waals surface area contributed by atoms with Crippen LogP contribution in [0.3, 0.4) is 0 Å². The van der Waals surface area contributed by atoms with E-state index in [9.17, 15) is 0 Å². The topological polar surface area (TPSA) is 0 Å². The van der Waals surface area contributed by atoms with E-state index in [1.165, 1.54) is 118 Å². The first kappa shape index (κ1) is 32.2. The van der Waals surface area contributed by atoms with Crippen LogP contribution in [-0.4, -0.2) is 14.5 Å². The summed E-state index contributed by atoms with van der Waals surface area (Å²) in [6.07, 6.45) is 0. The van der Waals surface area contributed by atoms with Gasteiger partial charge in [-0.3, -0.25) is 0 Å². The SMILES string of the molecule is Cc1cccc(C)c1-c1c2ccccc2c(-c2cccc3[se]c4ccc(-c5c6ccccc6c(-c6ccccc6)c6ccccc56)cc4c23)c2ccccc12. The van der Waals surface area contributed by atoms with Gasteiger partial charge in [0.1, 0.15) is 0 Å². The van der Waals surface area contributed by atoms with Crippen LogP contribution in [0.5, 0.6) is 0 Å². The van der Waals surface area contributed by atoms with Gasteiger partial charge in [-0.05, 0) is 0 Å². The number of hydrogen-bond acceptors (Lipinski definition) is 0. The zero-order valence-corrected chi connectivity index (χ0v) is 32.4. The summed E-state index contributed by atoms with van der Waals surface area (Å²) in [5.74, 6) is 0. The van der Waals surface area contributed by atoms with E-state index < -0.39 is 0 Å². The van der Waals surface area contributed by atoms with Crippen molar-refractivity contribution in [2.75, 3.05) is 0 Å². The molecular formula is C54H36Se. The molecule has 1 aromatic heterocycles. The van der Waals surface area contributed by atoms with Gasteiger partial charge in [0.05, 0.1) is 0 Å². The van der Waals surface area contributed by atoms with Crippen molar-refractivity contribution >= 4 is 76.9 Å². The molecule has 0 amide bonds. The van der Waals surface area contributed by atoms with Gasteiger partial charge in [0.15, 0.2) is 0 Å². The van der Waals surface area contributed by atoms with Crippen LogP contribution in [0.15, 0.2) is 182 Å². The van der Waals surface area contributed by atoms with Crippen LogP contribution < -0.4 is 0 Å². The summed E-state index contributed by atoms with van der Waals surface area (Å²) >= 11 is 0.213. The predicted octanol–water partition coefficient (Wildman–Crippen LogP) is 14.9. The molecule has 0 atom stereocenters. The first-order valence-corrected chi connectivity index (χ1v) is 20.8. The third-order valence-corrected chi connectivity index (χ3v) is 14.1. The maximum absolute atomic E-state index is 2.51. The minimum absolute atomic E-state index is 0.213. The molecule has 0 aliphatic heterocycles. The van der Waals surface area contributed by atoms with Gasteiger partial charge in [-0.15, -0.1) is 0 Å². The second-order valence-corrected chi connectivity index (χ2v) is 17.1. The molecule has 0 aliphatic rings.